The number of sulfonamides is 1. The second-order valence-corrected chi connectivity index (χ2v) is 8.49. The van der Waals surface area contributed by atoms with Crippen molar-refractivity contribution in [2.75, 3.05) is 29.6 Å². The number of hydrogen-bond donors (Lipinski definition) is 1. The van der Waals surface area contributed by atoms with Crippen LogP contribution >= 0.6 is 11.6 Å². The molecule has 0 radical (unpaired) electrons. The van der Waals surface area contributed by atoms with Crippen molar-refractivity contribution in [2.24, 2.45) is 0 Å². The fourth-order valence-electron chi connectivity index (χ4n) is 2.92. The van der Waals surface area contributed by atoms with Gasteiger partial charge < -0.3 is 14.8 Å². The van der Waals surface area contributed by atoms with Crippen molar-refractivity contribution in [2.45, 2.75) is 26.3 Å². The zero-order valence-corrected chi connectivity index (χ0v) is 18.4. The molecule has 0 bridgehead atoms. The number of para-hydroxylation sites is 2. The zero-order valence-electron chi connectivity index (χ0n) is 16.8. The molecule has 1 unspecified atom stereocenters. The van der Waals surface area contributed by atoms with Gasteiger partial charge in [-0.2, -0.15) is 0 Å². The monoisotopic (exact) mass is 440 g/mol. The van der Waals surface area contributed by atoms with Crippen LogP contribution in [0, 0.1) is 0 Å². The van der Waals surface area contributed by atoms with E-state index >= 15 is 0 Å². The molecular weight excluding hydrogens is 416 g/mol. The lowest BCUT2D eigenvalue weighted by Crippen LogP contribution is -2.47. The van der Waals surface area contributed by atoms with Crippen molar-refractivity contribution in [3.05, 3.63) is 47.5 Å². The van der Waals surface area contributed by atoms with Gasteiger partial charge in [-0.15, -0.1) is 0 Å². The molecule has 1 N–H and O–H groups in total. The minimum atomic E-state index is -3.78. The Hall–Kier alpha value is -2.45. The maximum atomic E-state index is 13.0. The molecule has 158 valence electrons. The summed E-state index contributed by atoms with van der Waals surface area (Å²) in [6, 6.07) is 10.6. The number of nitrogens with one attached hydrogen (secondary N) is 1. The second kappa shape index (κ2) is 9.84. The molecule has 0 saturated carbocycles. The van der Waals surface area contributed by atoms with Crippen molar-refractivity contribution in [1.29, 1.82) is 0 Å². The maximum Gasteiger partial charge on any atom is 0.248 e. The van der Waals surface area contributed by atoms with Gasteiger partial charge in [-0.1, -0.05) is 30.7 Å². The van der Waals surface area contributed by atoms with E-state index in [1.165, 1.54) is 13.2 Å². The molecular formula is C20H25ClN2O5S. The van der Waals surface area contributed by atoms with Gasteiger partial charge in [0.15, 0.2) is 0 Å². The molecule has 0 saturated heterocycles. The first-order chi connectivity index (χ1) is 13.7. The Morgan fingerprint density at radius 1 is 1.17 bits per heavy atom. The van der Waals surface area contributed by atoms with Gasteiger partial charge in [-0.25, -0.2) is 8.42 Å². The standard InChI is InChI=1S/C20H25ClN2O5S/c1-5-17(20(24)22-16-9-7-8-10-19(16)28-6-2)23(29(4,25)26)14-11-12-18(27-3)15(21)13-14/h7-13,17H,5-6H2,1-4H3,(H,22,24). The number of rotatable bonds is 9. The summed E-state index contributed by atoms with van der Waals surface area (Å²) in [6.45, 7) is 4.01. The molecule has 1 amide bonds. The van der Waals surface area contributed by atoms with E-state index in [-0.39, 0.29) is 17.1 Å². The molecule has 0 fully saturated rings. The van der Waals surface area contributed by atoms with Crippen LogP contribution in [0.2, 0.25) is 5.02 Å². The van der Waals surface area contributed by atoms with Crippen LogP contribution < -0.4 is 19.1 Å². The quantitative estimate of drug-likeness (QED) is 0.638. The Labute approximate surface area is 176 Å². The van der Waals surface area contributed by atoms with Crippen molar-refractivity contribution in [3.8, 4) is 11.5 Å². The highest BCUT2D eigenvalue weighted by Crippen LogP contribution is 2.32. The number of halogens is 1. The molecule has 0 aliphatic carbocycles. The highest BCUT2D eigenvalue weighted by atomic mass is 35.5. The minimum absolute atomic E-state index is 0.246. The summed E-state index contributed by atoms with van der Waals surface area (Å²) >= 11 is 6.17. The van der Waals surface area contributed by atoms with Crippen molar-refractivity contribution >= 4 is 38.9 Å². The molecule has 0 aliphatic rings. The van der Waals surface area contributed by atoms with Gasteiger partial charge in [0.2, 0.25) is 15.9 Å². The molecule has 0 spiro atoms. The number of nitrogens with zero attached hydrogens (tertiary/aromatic N) is 1. The maximum absolute atomic E-state index is 13.0. The van der Waals surface area contributed by atoms with Gasteiger partial charge in [0.05, 0.1) is 36.4 Å². The largest absolute Gasteiger partial charge is 0.495 e. The first kappa shape index (κ1) is 22.8. The Bertz CT molecular complexity index is 965. The molecule has 1 atom stereocenters. The van der Waals surface area contributed by atoms with E-state index in [0.29, 0.717) is 23.8 Å². The predicted molar refractivity (Wildman–Crippen MR) is 116 cm³/mol. The first-order valence-corrected chi connectivity index (χ1v) is 11.3. The molecule has 0 aliphatic heterocycles. The summed E-state index contributed by atoms with van der Waals surface area (Å²) in [6.07, 6.45) is 1.30. The third kappa shape index (κ3) is 5.55. The number of amides is 1. The number of hydrogen-bond acceptors (Lipinski definition) is 5. The summed E-state index contributed by atoms with van der Waals surface area (Å²) in [5.41, 5.74) is 0.748. The Kier molecular flexibility index (Phi) is 7.75. The third-order valence-corrected chi connectivity index (χ3v) is 5.64. The van der Waals surface area contributed by atoms with E-state index in [4.69, 9.17) is 21.1 Å². The number of methoxy groups -OCH3 is 1. The Balaban J connectivity index is 2.41. The summed E-state index contributed by atoms with van der Waals surface area (Å²) in [5.74, 6) is 0.445. The lowest BCUT2D eigenvalue weighted by Gasteiger charge is -2.30. The van der Waals surface area contributed by atoms with Crippen LogP contribution in [0.5, 0.6) is 11.5 Å². The zero-order chi connectivity index (χ0) is 21.6. The van der Waals surface area contributed by atoms with Gasteiger partial charge in [-0.05, 0) is 43.7 Å². The molecule has 2 aromatic carbocycles. The molecule has 7 nitrogen and oxygen atoms in total. The topological polar surface area (TPSA) is 84.9 Å². The molecule has 0 heterocycles. The molecule has 29 heavy (non-hydrogen) atoms. The van der Waals surface area contributed by atoms with E-state index in [2.05, 4.69) is 5.32 Å². The summed E-state index contributed by atoms with van der Waals surface area (Å²) < 4.78 is 36.9. The van der Waals surface area contributed by atoms with Gasteiger partial charge in [0.25, 0.3) is 0 Å². The number of benzene rings is 2. The van der Waals surface area contributed by atoms with Crippen molar-refractivity contribution < 1.29 is 22.7 Å². The Morgan fingerprint density at radius 2 is 1.86 bits per heavy atom. The van der Waals surface area contributed by atoms with Gasteiger partial charge in [-0.3, -0.25) is 9.10 Å². The fraction of sp³-hybridized carbons (Fsp3) is 0.350. The van der Waals surface area contributed by atoms with Crippen LogP contribution in [-0.2, 0) is 14.8 Å². The highest BCUT2D eigenvalue weighted by Gasteiger charge is 2.32. The van der Waals surface area contributed by atoms with Crippen LogP contribution in [0.1, 0.15) is 20.3 Å². The van der Waals surface area contributed by atoms with Crippen LogP contribution in [0.15, 0.2) is 42.5 Å². The number of ether oxygens (including phenoxy) is 2. The summed E-state index contributed by atoms with van der Waals surface area (Å²) in [7, 11) is -2.32. The molecule has 2 aromatic rings. The van der Waals surface area contributed by atoms with Gasteiger partial charge in [0.1, 0.15) is 17.5 Å². The lowest BCUT2D eigenvalue weighted by atomic mass is 10.1. The third-order valence-electron chi connectivity index (χ3n) is 4.16. The Morgan fingerprint density at radius 3 is 2.41 bits per heavy atom. The lowest BCUT2D eigenvalue weighted by molar-refractivity contribution is -0.117. The smallest absolute Gasteiger partial charge is 0.248 e. The average Bonchev–Trinajstić information content (AvgIpc) is 2.66. The van der Waals surface area contributed by atoms with Crippen molar-refractivity contribution in [3.63, 3.8) is 0 Å². The summed E-state index contributed by atoms with van der Waals surface area (Å²) in [4.78, 5) is 13.0. The van der Waals surface area contributed by atoms with Gasteiger partial charge >= 0.3 is 0 Å². The van der Waals surface area contributed by atoms with E-state index in [1.807, 2.05) is 6.92 Å². The van der Waals surface area contributed by atoms with Crippen molar-refractivity contribution in [1.82, 2.24) is 0 Å². The average molecular weight is 441 g/mol. The van der Waals surface area contributed by atoms with E-state index in [1.54, 1.807) is 43.3 Å². The number of carbonyl (C=O) groups excluding carboxylic acids is 1. The molecule has 0 aromatic heterocycles. The molecule has 9 heteroatoms. The van der Waals surface area contributed by atoms with E-state index in [0.717, 1.165) is 10.6 Å². The highest BCUT2D eigenvalue weighted by molar-refractivity contribution is 7.92. The normalized spacial score (nSPS) is 12.2. The SMILES string of the molecule is CCOc1ccccc1NC(=O)C(CC)N(c1ccc(OC)c(Cl)c1)S(C)(=O)=O. The summed E-state index contributed by atoms with van der Waals surface area (Å²) in [5, 5.41) is 3.02. The first-order valence-electron chi connectivity index (χ1n) is 9.08. The van der Waals surface area contributed by atoms with Crippen LogP contribution in [-0.4, -0.2) is 40.3 Å². The van der Waals surface area contributed by atoms with Gasteiger partial charge in [0, 0.05) is 0 Å². The minimum Gasteiger partial charge on any atom is -0.495 e. The van der Waals surface area contributed by atoms with Crippen LogP contribution in [0.3, 0.4) is 0 Å². The second-order valence-electron chi connectivity index (χ2n) is 6.22. The van der Waals surface area contributed by atoms with E-state index in [9.17, 15) is 13.2 Å². The fourth-order valence-corrected chi connectivity index (χ4v) is 4.38. The number of anilines is 2. The van der Waals surface area contributed by atoms with Crippen LogP contribution in [0.4, 0.5) is 11.4 Å². The number of carbonyl (C=O) groups is 1. The molecule has 2 rings (SSSR count). The predicted octanol–water partition coefficient (Wildman–Crippen LogP) is 3.93. The van der Waals surface area contributed by atoms with E-state index < -0.39 is 22.0 Å². The van der Waals surface area contributed by atoms with Crippen LogP contribution in [0.25, 0.3) is 0 Å².